The van der Waals surface area contributed by atoms with Crippen LogP contribution in [0.1, 0.15) is 63.8 Å². The summed E-state index contributed by atoms with van der Waals surface area (Å²) < 4.78 is 10.5. The average Bonchev–Trinajstić information content (AvgIpc) is 3.45. The van der Waals surface area contributed by atoms with Gasteiger partial charge in [0.05, 0.1) is 17.7 Å². The molecule has 0 aliphatic carbocycles. The van der Waals surface area contributed by atoms with Crippen LogP contribution in [0.5, 0.6) is 0 Å². The fraction of sp³-hybridized carbons (Fsp3) is 0.300. The Balaban J connectivity index is 1.49. The number of hydrogen-bond acceptors (Lipinski definition) is 8. The van der Waals surface area contributed by atoms with Crippen LogP contribution < -0.4 is 5.32 Å². The van der Waals surface area contributed by atoms with Gasteiger partial charge in [0.25, 0.3) is 17.7 Å². The highest BCUT2D eigenvalue weighted by atomic mass is 32.1. The van der Waals surface area contributed by atoms with E-state index in [4.69, 9.17) is 9.47 Å². The summed E-state index contributed by atoms with van der Waals surface area (Å²) in [7, 11) is 0. The van der Waals surface area contributed by atoms with E-state index in [0.717, 1.165) is 27.4 Å². The standard InChI is InChI=1S/C30H30N2O7S/c1-5-38-30(37)25-22(19-12-10-18(4)11-13-19)16-40-26(25)31-24(33)15-39-29(36)23(14-17(2)3)32-27(34)20-8-6-7-9-21(20)28(32)35/h6-13,16-17,23H,5,14-15H2,1-4H3,(H,31,33). The first-order valence-corrected chi connectivity index (χ1v) is 13.8. The number of thiophene rings is 1. The first kappa shape index (κ1) is 28.7. The van der Waals surface area contributed by atoms with E-state index >= 15 is 0 Å². The summed E-state index contributed by atoms with van der Waals surface area (Å²) in [6.07, 6.45) is 0.170. The Labute approximate surface area is 236 Å². The molecule has 2 heterocycles. The monoisotopic (exact) mass is 562 g/mol. The number of imide groups is 1. The first-order valence-electron chi connectivity index (χ1n) is 12.9. The zero-order valence-electron chi connectivity index (χ0n) is 22.7. The summed E-state index contributed by atoms with van der Waals surface area (Å²) in [5.41, 5.74) is 3.11. The maximum Gasteiger partial charge on any atom is 0.341 e. The maximum absolute atomic E-state index is 13.1. The van der Waals surface area contributed by atoms with Gasteiger partial charge < -0.3 is 14.8 Å². The molecule has 2 aromatic carbocycles. The molecule has 0 saturated heterocycles. The SMILES string of the molecule is CCOC(=O)c1c(-c2ccc(C)cc2)csc1NC(=O)COC(=O)C(CC(C)C)N1C(=O)c2ccccc2C1=O. The number of nitrogens with zero attached hydrogens (tertiary/aromatic N) is 1. The Morgan fingerprint density at radius 1 is 0.925 bits per heavy atom. The van der Waals surface area contributed by atoms with E-state index in [2.05, 4.69) is 5.32 Å². The quantitative estimate of drug-likeness (QED) is 0.270. The molecule has 3 aromatic rings. The van der Waals surface area contributed by atoms with Crippen LogP contribution in [-0.2, 0) is 19.1 Å². The van der Waals surface area contributed by atoms with Gasteiger partial charge >= 0.3 is 11.9 Å². The van der Waals surface area contributed by atoms with Crippen molar-refractivity contribution in [1.82, 2.24) is 4.90 Å². The summed E-state index contributed by atoms with van der Waals surface area (Å²) >= 11 is 1.15. The highest BCUT2D eigenvalue weighted by Gasteiger charge is 2.43. The molecule has 0 radical (unpaired) electrons. The minimum absolute atomic E-state index is 0.0471. The van der Waals surface area contributed by atoms with E-state index in [1.165, 1.54) is 12.1 Å². The van der Waals surface area contributed by atoms with Gasteiger partial charge in [0, 0.05) is 10.9 Å². The molecule has 1 unspecified atom stereocenters. The van der Waals surface area contributed by atoms with Gasteiger partial charge in [-0.25, -0.2) is 9.59 Å². The minimum atomic E-state index is -1.19. The third-order valence-electron chi connectivity index (χ3n) is 6.34. The molecule has 1 N–H and O–H groups in total. The number of hydrogen-bond donors (Lipinski definition) is 1. The number of benzene rings is 2. The predicted molar refractivity (Wildman–Crippen MR) is 150 cm³/mol. The average molecular weight is 563 g/mol. The van der Waals surface area contributed by atoms with Crippen molar-refractivity contribution in [3.8, 4) is 11.1 Å². The molecule has 208 valence electrons. The van der Waals surface area contributed by atoms with Gasteiger partial charge in [-0.1, -0.05) is 55.8 Å². The fourth-order valence-electron chi connectivity index (χ4n) is 4.44. The number of aryl methyl sites for hydroxylation is 1. The molecule has 1 aliphatic heterocycles. The second kappa shape index (κ2) is 12.3. The predicted octanol–water partition coefficient (Wildman–Crippen LogP) is 5.09. The van der Waals surface area contributed by atoms with E-state index < -0.39 is 42.3 Å². The lowest BCUT2D eigenvalue weighted by atomic mass is 10.0. The van der Waals surface area contributed by atoms with E-state index in [1.807, 2.05) is 45.0 Å². The number of ether oxygens (including phenoxy) is 2. The van der Waals surface area contributed by atoms with Crippen molar-refractivity contribution >= 4 is 46.0 Å². The summed E-state index contributed by atoms with van der Waals surface area (Å²) in [6.45, 7) is 6.83. The number of fused-ring (bicyclic) bond motifs is 1. The van der Waals surface area contributed by atoms with Crippen LogP contribution in [0, 0.1) is 12.8 Å². The smallest absolute Gasteiger partial charge is 0.341 e. The van der Waals surface area contributed by atoms with Crippen LogP contribution in [-0.4, -0.2) is 53.8 Å². The normalized spacial score (nSPS) is 13.3. The molecule has 40 heavy (non-hydrogen) atoms. The second-order valence-corrected chi connectivity index (χ2v) is 10.6. The lowest BCUT2D eigenvalue weighted by Crippen LogP contribution is -2.46. The van der Waals surface area contributed by atoms with Crippen molar-refractivity contribution < 1.29 is 33.4 Å². The van der Waals surface area contributed by atoms with Crippen molar-refractivity contribution in [2.45, 2.75) is 40.2 Å². The van der Waals surface area contributed by atoms with Crippen molar-refractivity contribution in [2.24, 2.45) is 5.92 Å². The van der Waals surface area contributed by atoms with Crippen LogP contribution >= 0.6 is 11.3 Å². The summed E-state index contributed by atoms with van der Waals surface area (Å²) in [4.78, 5) is 65.6. The summed E-state index contributed by atoms with van der Waals surface area (Å²) in [5, 5.41) is 4.65. The molecule has 9 nitrogen and oxygen atoms in total. The first-order chi connectivity index (χ1) is 19.1. The van der Waals surface area contributed by atoms with Gasteiger partial charge in [-0.2, -0.15) is 0 Å². The number of nitrogens with one attached hydrogen (secondary N) is 1. The van der Waals surface area contributed by atoms with Crippen molar-refractivity contribution in [3.63, 3.8) is 0 Å². The van der Waals surface area contributed by atoms with Crippen molar-refractivity contribution in [3.05, 3.63) is 76.2 Å². The van der Waals surface area contributed by atoms with Crippen LogP contribution in [0.25, 0.3) is 11.1 Å². The number of anilines is 1. The number of carbonyl (C=O) groups excluding carboxylic acids is 5. The molecule has 0 bridgehead atoms. The fourth-order valence-corrected chi connectivity index (χ4v) is 5.42. The number of esters is 2. The lowest BCUT2D eigenvalue weighted by Gasteiger charge is -2.25. The van der Waals surface area contributed by atoms with Crippen molar-refractivity contribution in [1.29, 1.82) is 0 Å². The molecule has 1 aromatic heterocycles. The van der Waals surface area contributed by atoms with Gasteiger partial charge in [-0.15, -0.1) is 11.3 Å². The van der Waals surface area contributed by atoms with Gasteiger partial charge in [0.15, 0.2) is 6.61 Å². The molecule has 0 saturated carbocycles. The highest BCUT2D eigenvalue weighted by Crippen LogP contribution is 2.36. The van der Waals surface area contributed by atoms with E-state index in [1.54, 1.807) is 24.4 Å². The molecule has 0 fully saturated rings. The van der Waals surface area contributed by atoms with E-state index in [-0.39, 0.29) is 40.6 Å². The third kappa shape index (κ3) is 5.96. The van der Waals surface area contributed by atoms with Crippen LogP contribution in [0.2, 0.25) is 0 Å². The minimum Gasteiger partial charge on any atom is -0.462 e. The summed E-state index contributed by atoms with van der Waals surface area (Å²) in [5.74, 6) is -3.33. The molecule has 0 spiro atoms. The number of rotatable bonds is 10. The summed E-state index contributed by atoms with van der Waals surface area (Å²) in [6, 6.07) is 12.8. The molecule has 1 aliphatic rings. The van der Waals surface area contributed by atoms with Gasteiger partial charge in [-0.3, -0.25) is 19.3 Å². The lowest BCUT2D eigenvalue weighted by molar-refractivity contribution is -0.151. The van der Waals surface area contributed by atoms with Crippen LogP contribution in [0.3, 0.4) is 0 Å². The van der Waals surface area contributed by atoms with Crippen molar-refractivity contribution in [2.75, 3.05) is 18.5 Å². The Morgan fingerprint density at radius 3 is 2.12 bits per heavy atom. The topological polar surface area (TPSA) is 119 Å². The number of amides is 3. The van der Waals surface area contributed by atoms with Gasteiger partial charge in [0.1, 0.15) is 16.6 Å². The van der Waals surface area contributed by atoms with Gasteiger partial charge in [0.2, 0.25) is 0 Å². The van der Waals surface area contributed by atoms with Crippen LogP contribution in [0.15, 0.2) is 53.9 Å². The Hall–Kier alpha value is -4.31. The molecular formula is C30H30N2O7S. The van der Waals surface area contributed by atoms with Crippen LogP contribution in [0.4, 0.5) is 5.00 Å². The Morgan fingerprint density at radius 2 is 1.55 bits per heavy atom. The zero-order chi connectivity index (χ0) is 29.0. The van der Waals surface area contributed by atoms with Gasteiger partial charge in [-0.05, 0) is 43.9 Å². The molecule has 4 rings (SSSR count). The Kier molecular flexibility index (Phi) is 8.79. The molecular weight excluding hydrogens is 532 g/mol. The largest absolute Gasteiger partial charge is 0.462 e. The second-order valence-electron chi connectivity index (χ2n) is 9.77. The maximum atomic E-state index is 13.1. The molecule has 3 amide bonds. The zero-order valence-corrected chi connectivity index (χ0v) is 23.5. The van der Waals surface area contributed by atoms with E-state index in [9.17, 15) is 24.0 Å². The molecule has 1 atom stereocenters. The van der Waals surface area contributed by atoms with E-state index in [0.29, 0.717) is 5.56 Å². The Bertz CT molecular complexity index is 1420. The third-order valence-corrected chi connectivity index (χ3v) is 7.23. The number of carbonyl (C=O) groups is 5. The molecule has 10 heteroatoms. The highest BCUT2D eigenvalue weighted by molar-refractivity contribution is 7.15.